The third-order valence-electron chi connectivity index (χ3n) is 5.07. The Hall–Kier alpha value is -3.75. The fourth-order valence-corrected chi connectivity index (χ4v) is 3.50. The number of carbonyl (C=O) groups is 2. The predicted octanol–water partition coefficient (Wildman–Crippen LogP) is 2.30. The summed E-state index contributed by atoms with van der Waals surface area (Å²) in [6, 6.07) is 4.92. The molecule has 154 valence electrons. The average molecular weight is 411 g/mol. The Bertz CT molecular complexity index is 1150. The molecule has 9 heteroatoms. The largest absolute Gasteiger partial charge is 0.367 e. The lowest BCUT2D eigenvalue weighted by molar-refractivity contribution is -0.113. The number of carbonyl (C=O) groups excluding carboxylic acids is 2. The van der Waals surface area contributed by atoms with E-state index in [1.165, 1.54) is 12.1 Å². The van der Waals surface area contributed by atoms with Gasteiger partial charge < -0.3 is 20.5 Å². The molecule has 2 aromatic heterocycles. The van der Waals surface area contributed by atoms with Gasteiger partial charge in [-0.2, -0.15) is 0 Å². The summed E-state index contributed by atoms with van der Waals surface area (Å²) in [7, 11) is 0. The minimum absolute atomic E-state index is 0.133. The van der Waals surface area contributed by atoms with Crippen molar-refractivity contribution in [1.29, 1.82) is 0 Å². The molecule has 1 aromatic carbocycles. The molecule has 1 saturated heterocycles. The van der Waals surface area contributed by atoms with Crippen molar-refractivity contribution in [2.75, 3.05) is 31.1 Å². The van der Waals surface area contributed by atoms with Gasteiger partial charge in [-0.05, 0) is 24.3 Å². The molecule has 2 amide bonds. The highest BCUT2D eigenvalue weighted by molar-refractivity contribution is 5.96. The van der Waals surface area contributed by atoms with Crippen LogP contribution in [0.3, 0.4) is 0 Å². The van der Waals surface area contributed by atoms with Gasteiger partial charge in [-0.25, -0.2) is 13.8 Å². The van der Waals surface area contributed by atoms with Crippen LogP contribution in [0.1, 0.15) is 15.9 Å². The highest BCUT2D eigenvalue weighted by Gasteiger charge is 2.25. The summed E-state index contributed by atoms with van der Waals surface area (Å²) >= 11 is 0. The zero-order chi connectivity index (χ0) is 21.3. The number of anilines is 1. The van der Waals surface area contributed by atoms with Crippen LogP contribution in [0.4, 0.5) is 14.5 Å². The van der Waals surface area contributed by atoms with E-state index in [0.717, 1.165) is 22.7 Å². The van der Waals surface area contributed by atoms with Gasteiger partial charge in [-0.15, -0.1) is 0 Å². The molecule has 0 atom stereocenters. The zero-order valence-electron chi connectivity index (χ0n) is 15.9. The van der Waals surface area contributed by atoms with E-state index in [2.05, 4.69) is 14.9 Å². The van der Waals surface area contributed by atoms with E-state index in [0.29, 0.717) is 37.9 Å². The monoisotopic (exact) mass is 411 g/mol. The Morgan fingerprint density at radius 2 is 1.90 bits per heavy atom. The maximum atomic E-state index is 13.9. The van der Waals surface area contributed by atoms with Gasteiger partial charge in [0.05, 0.1) is 17.4 Å². The van der Waals surface area contributed by atoms with Crippen LogP contribution in [-0.4, -0.2) is 52.9 Å². The predicted molar refractivity (Wildman–Crippen MR) is 109 cm³/mol. The average Bonchev–Trinajstić information content (AvgIpc) is 3.14. The van der Waals surface area contributed by atoms with Crippen molar-refractivity contribution in [2.24, 2.45) is 5.73 Å². The molecular formula is C21H19F2N5O2. The molecule has 30 heavy (non-hydrogen) atoms. The molecule has 0 spiro atoms. The topological polar surface area (TPSA) is 95.3 Å². The van der Waals surface area contributed by atoms with Crippen LogP contribution in [0.15, 0.2) is 42.7 Å². The van der Waals surface area contributed by atoms with Crippen molar-refractivity contribution >= 4 is 34.6 Å². The molecule has 3 aromatic rings. The van der Waals surface area contributed by atoms with Gasteiger partial charge in [0.25, 0.3) is 5.91 Å². The fourth-order valence-electron chi connectivity index (χ4n) is 3.50. The van der Waals surface area contributed by atoms with Crippen LogP contribution in [0.5, 0.6) is 0 Å². The van der Waals surface area contributed by atoms with Crippen LogP contribution in [0.25, 0.3) is 17.1 Å². The molecule has 3 N–H and O–H groups in total. The van der Waals surface area contributed by atoms with Crippen molar-refractivity contribution in [3.63, 3.8) is 0 Å². The third kappa shape index (κ3) is 3.86. The van der Waals surface area contributed by atoms with E-state index in [1.807, 2.05) is 6.07 Å². The zero-order valence-corrected chi connectivity index (χ0v) is 15.9. The van der Waals surface area contributed by atoms with Gasteiger partial charge in [0.1, 0.15) is 17.3 Å². The molecule has 0 aliphatic carbocycles. The number of fused-ring (bicyclic) bond motifs is 1. The number of aromatic nitrogens is 2. The Morgan fingerprint density at radius 3 is 2.60 bits per heavy atom. The molecule has 0 radical (unpaired) electrons. The van der Waals surface area contributed by atoms with E-state index in [9.17, 15) is 18.4 Å². The molecule has 1 aliphatic heterocycles. The quantitative estimate of drug-likeness (QED) is 0.644. The molecule has 1 aliphatic rings. The first-order chi connectivity index (χ1) is 14.4. The first-order valence-electron chi connectivity index (χ1n) is 9.36. The van der Waals surface area contributed by atoms with Crippen LogP contribution in [0, 0.1) is 11.6 Å². The molecule has 1 fully saturated rings. The lowest BCUT2D eigenvalue weighted by Gasteiger charge is -2.36. The van der Waals surface area contributed by atoms with E-state index < -0.39 is 23.4 Å². The molecular weight excluding hydrogens is 392 g/mol. The van der Waals surface area contributed by atoms with E-state index in [4.69, 9.17) is 5.73 Å². The third-order valence-corrected chi connectivity index (χ3v) is 5.07. The van der Waals surface area contributed by atoms with Gasteiger partial charge in [0.2, 0.25) is 5.91 Å². The molecule has 3 heterocycles. The first kappa shape index (κ1) is 19.6. The summed E-state index contributed by atoms with van der Waals surface area (Å²) < 4.78 is 27.0. The van der Waals surface area contributed by atoms with Gasteiger partial charge in [0, 0.05) is 55.5 Å². The van der Waals surface area contributed by atoms with Crippen LogP contribution in [0.2, 0.25) is 0 Å². The smallest absolute Gasteiger partial charge is 0.256 e. The number of nitrogens with zero attached hydrogens (tertiary/aromatic N) is 3. The van der Waals surface area contributed by atoms with Crippen LogP contribution >= 0.6 is 0 Å². The Morgan fingerprint density at radius 1 is 1.13 bits per heavy atom. The standard InChI is InChI=1S/C21H19F2N5O2/c22-14-2-3-16(18(23)9-14)21(30)28-7-5-27(6-8-28)15-10-17-13(1-4-19(24)29)11-25-20(17)26-12-15/h1-4,9-12H,5-8H2,(H2,24,29)(H,25,26). The molecule has 0 saturated carbocycles. The van der Waals surface area contributed by atoms with Gasteiger partial charge in [0.15, 0.2) is 0 Å². The van der Waals surface area contributed by atoms with E-state index in [-0.39, 0.29) is 5.56 Å². The van der Waals surface area contributed by atoms with Crippen molar-refractivity contribution < 1.29 is 18.4 Å². The lowest BCUT2D eigenvalue weighted by Crippen LogP contribution is -2.49. The molecule has 7 nitrogen and oxygen atoms in total. The normalized spacial score (nSPS) is 14.6. The Balaban J connectivity index is 1.48. The molecule has 4 rings (SSSR count). The maximum Gasteiger partial charge on any atom is 0.256 e. The summed E-state index contributed by atoms with van der Waals surface area (Å²) in [4.78, 5) is 34.7. The highest BCUT2D eigenvalue weighted by Crippen LogP contribution is 2.25. The lowest BCUT2D eigenvalue weighted by atomic mass is 10.1. The summed E-state index contributed by atoms with van der Waals surface area (Å²) in [6.45, 7) is 1.88. The van der Waals surface area contributed by atoms with Crippen LogP contribution < -0.4 is 10.6 Å². The van der Waals surface area contributed by atoms with Crippen molar-refractivity contribution in [3.8, 4) is 0 Å². The highest BCUT2D eigenvalue weighted by atomic mass is 19.1. The number of nitrogens with two attached hydrogens (primary N) is 1. The number of aromatic amines is 1. The number of primary amides is 1. The summed E-state index contributed by atoms with van der Waals surface area (Å²) in [5.41, 5.74) is 7.37. The summed E-state index contributed by atoms with van der Waals surface area (Å²) in [5, 5.41) is 0.844. The van der Waals surface area contributed by atoms with Crippen molar-refractivity contribution in [2.45, 2.75) is 0 Å². The maximum absolute atomic E-state index is 13.9. The minimum Gasteiger partial charge on any atom is -0.367 e. The first-order valence-corrected chi connectivity index (χ1v) is 9.36. The second-order valence-corrected chi connectivity index (χ2v) is 6.97. The fraction of sp³-hybridized carbons (Fsp3) is 0.190. The van der Waals surface area contributed by atoms with E-state index in [1.54, 1.807) is 23.4 Å². The molecule has 0 bridgehead atoms. The number of hydrogen-bond donors (Lipinski definition) is 2. The SMILES string of the molecule is NC(=O)C=Cc1c[nH]c2ncc(N3CCN(C(=O)c4ccc(F)cc4F)CC3)cc12. The number of rotatable bonds is 4. The number of benzene rings is 1. The summed E-state index contributed by atoms with van der Waals surface area (Å²) in [5.74, 6) is -2.57. The second-order valence-electron chi connectivity index (χ2n) is 6.97. The summed E-state index contributed by atoms with van der Waals surface area (Å²) in [6.07, 6.45) is 6.39. The number of piperazine rings is 1. The van der Waals surface area contributed by atoms with Crippen LogP contribution in [-0.2, 0) is 4.79 Å². The van der Waals surface area contributed by atoms with Gasteiger partial charge in [-0.3, -0.25) is 9.59 Å². The minimum atomic E-state index is -0.860. The Kier molecular flexibility index (Phi) is 5.18. The van der Waals surface area contributed by atoms with Crippen molar-refractivity contribution in [1.82, 2.24) is 14.9 Å². The Labute approximate surface area is 170 Å². The van der Waals surface area contributed by atoms with Gasteiger partial charge in [-0.1, -0.05) is 0 Å². The van der Waals surface area contributed by atoms with Crippen molar-refractivity contribution in [3.05, 3.63) is 65.5 Å². The number of H-pyrrole nitrogens is 1. The number of amides is 2. The number of hydrogen-bond acceptors (Lipinski definition) is 4. The number of halogens is 2. The van der Waals surface area contributed by atoms with Gasteiger partial charge >= 0.3 is 0 Å². The molecule has 0 unspecified atom stereocenters. The second kappa shape index (κ2) is 7.94. The number of pyridine rings is 1. The number of nitrogens with one attached hydrogen (secondary N) is 1. The van der Waals surface area contributed by atoms with E-state index >= 15 is 0 Å².